The lowest BCUT2D eigenvalue weighted by atomic mass is 9.97. The van der Waals surface area contributed by atoms with Crippen LogP contribution in [0.4, 0.5) is 0 Å². The average molecular weight is 345 g/mol. The van der Waals surface area contributed by atoms with Gasteiger partial charge in [-0.1, -0.05) is 50.1 Å². The fraction of sp³-hybridized carbons (Fsp3) is 0.417. The molecule has 16 heavy (non-hydrogen) atoms. The first kappa shape index (κ1) is 10.8. The van der Waals surface area contributed by atoms with E-state index in [2.05, 4.69) is 37.9 Å². The molecule has 1 saturated heterocycles. The molecule has 0 saturated carbocycles. The van der Waals surface area contributed by atoms with Crippen molar-refractivity contribution in [1.29, 1.82) is 0 Å². The van der Waals surface area contributed by atoms with E-state index in [9.17, 15) is 4.79 Å². The second-order valence-corrected chi connectivity index (χ2v) is 6.68. The Morgan fingerprint density at radius 1 is 1.19 bits per heavy atom. The summed E-state index contributed by atoms with van der Waals surface area (Å²) in [6.07, 6.45) is 0.985. The number of benzene rings is 1. The van der Waals surface area contributed by atoms with E-state index in [1.54, 1.807) is 0 Å². The van der Waals surface area contributed by atoms with Gasteiger partial charge in [0, 0.05) is 21.8 Å². The van der Waals surface area contributed by atoms with Gasteiger partial charge in [0.05, 0.1) is 6.04 Å². The molecule has 2 nitrogen and oxygen atoms in total. The summed E-state index contributed by atoms with van der Waals surface area (Å²) in [6, 6.07) is 8.22. The van der Waals surface area contributed by atoms with Crippen LogP contribution in [0.2, 0.25) is 0 Å². The second-order valence-electron chi connectivity index (χ2n) is 4.33. The Balaban J connectivity index is 2.03. The van der Waals surface area contributed by atoms with Gasteiger partial charge >= 0.3 is 0 Å². The van der Waals surface area contributed by atoms with E-state index >= 15 is 0 Å². The lowest BCUT2D eigenvalue weighted by Crippen LogP contribution is -2.42. The van der Waals surface area contributed by atoms with Gasteiger partial charge in [-0.25, -0.2) is 0 Å². The monoisotopic (exact) mass is 343 g/mol. The number of nitrogens with zero attached hydrogens (tertiary/aromatic N) is 1. The Kier molecular flexibility index (Phi) is 2.59. The smallest absolute Gasteiger partial charge is 0.254 e. The molecule has 3 unspecified atom stereocenters. The molecule has 1 amide bonds. The maximum absolute atomic E-state index is 12.2. The third-order valence-electron chi connectivity index (χ3n) is 3.40. The average Bonchev–Trinajstić information content (AvgIpc) is 2.55. The van der Waals surface area contributed by atoms with E-state index in [-0.39, 0.29) is 11.9 Å². The molecule has 1 aromatic rings. The van der Waals surface area contributed by atoms with Crippen molar-refractivity contribution in [2.45, 2.75) is 22.1 Å². The number of piperidine rings is 1. The predicted octanol–water partition coefficient (Wildman–Crippen LogP) is 3.11. The van der Waals surface area contributed by atoms with Gasteiger partial charge in [0.25, 0.3) is 5.91 Å². The minimum absolute atomic E-state index is 0.185. The number of carbonyl (C=O) groups is 1. The standard InChI is InChI=1S/C12H11Br2NO/c13-9-5-11-7-3-1-2-4-8(7)12(16)15(11)6-10(9)14/h1-4,9-11H,5-6H2. The van der Waals surface area contributed by atoms with E-state index in [1.165, 1.54) is 5.56 Å². The van der Waals surface area contributed by atoms with Crippen molar-refractivity contribution in [2.24, 2.45) is 0 Å². The number of carbonyl (C=O) groups excluding carboxylic acids is 1. The summed E-state index contributed by atoms with van der Waals surface area (Å²) in [6.45, 7) is 0.786. The van der Waals surface area contributed by atoms with E-state index in [0.717, 1.165) is 18.5 Å². The van der Waals surface area contributed by atoms with Crippen LogP contribution in [-0.4, -0.2) is 27.0 Å². The Bertz CT molecular complexity index is 448. The molecule has 0 bridgehead atoms. The Morgan fingerprint density at radius 2 is 1.94 bits per heavy atom. The lowest BCUT2D eigenvalue weighted by Gasteiger charge is -2.36. The van der Waals surface area contributed by atoms with Crippen LogP contribution in [0.3, 0.4) is 0 Å². The second kappa shape index (κ2) is 3.84. The minimum Gasteiger partial charge on any atom is -0.330 e. The Morgan fingerprint density at radius 3 is 2.75 bits per heavy atom. The Labute approximate surface area is 111 Å². The maximum Gasteiger partial charge on any atom is 0.254 e. The van der Waals surface area contributed by atoms with Crippen molar-refractivity contribution in [2.75, 3.05) is 6.54 Å². The number of hydrogen-bond acceptors (Lipinski definition) is 1. The van der Waals surface area contributed by atoms with Gasteiger partial charge < -0.3 is 4.90 Å². The topological polar surface area (TPSA) is 20.3 Å². The first-order chi connectivity index (χ1) is 7.68. The largest absolute Gasteiger partial charge is 0.330 e. The number of fused-ring (bicyclic) bond motifs is 3. The molecule has 3 rings (SSSR count). The van der Waals surface area contributed by atoms with E-state index in [1.807, 2.05) is 23.1 Å². The summed E-state index contributed by atoms with van der Waals surface area (Å²) in [5.74, 6) is 0.185. The zero-order valence-electron chi connectivity index (χ0n) is 8.57. The van der Waals surface area contributed by atoms with Gasteiger partial charge in [0.2, 0.25) is 0 Å². The van der Waals surface area contributed by atoms with Crippen molar-refractivity contribution in [3.8, 4) is 0 Å². The summed E-state index contributed by atoms with van der Waals surface area (Å²) in [4.78, 5) is 14.9. The van der Waals surface area contributed by atoms with Crippen molar-refractivity contribution >= 4 is 37.8 Å². The highest BCUT2D eigenvalue weighted by Crippen LogP contribution is 2.43. The van der Waals surface area contributed by atoms with Gasteiger partial charge in [-0.2, -0.15) is 0 Å². The van der Waals surface area contributed by atoms with Crippen LogP contribution < -0.4 is 0 Å². The number of alkyl halides is 2. The van der Waals surface area contributed by atoms with Crippen molar-refractivity contribution in [1.82, 2.24) is 4.90 Å². The van der Waals surface area contributed by atoms with E-state index in [4.69, 9.17) is 0 Å². The van der Waals surface area contributed by atoms with Crippen LogP contribution >= 0.6 is 31.9 Å². The normalized spacial score (nSPS) is 32.5. The first-order valence-corrected chi connectivity index (χ1v) is 7.19. The molecule has 0 N–H and O–H groups in total. The summed E-state index contributed by atoms with van der Waals surface area (Å²) >= 11 is 7.30. The first-order valence-electron chi connectivity index (χ1n) is 5.36. The molecule has 0 spiro atoms. The van der Waals surface area contributed by atoms with Gasteiger partial charge in [-0.15, -0.1) is 0 Å². The van der Waals surface area contributed by atoms with Crippen LogP contribution in [0.15, 0.2) is 24.3 Å². The molecular weight excluding hydrogens is 334 g/mol. The van der Waals surface area contributed by atoms with Crippen molar-refractivity contribution in [3.05, 3.63) is 35.4 Å². The zero-order chi connectivity index (χ0) is 11.3. The molecule has 3 atom stereocenters. The molecule has 84 valence electrons. The van der Waals surface area contributed by atoms with E-state index < -0.39 is 0 Å². The molecular formula is C12H11Br2NO. The van der Waals surface area contributed by atoms with Gasteiger partial charge in [0.1, 0.15) is 0 Å². The molecule has 2 aliphatic rings. The highest BCUT2D eigenvalue weighted by molar-refractivity contribution is 9.12. The quantitative estimate of drug-likeness (QED) is 0.662. The number of hydrogen-bond donors (Lipinski definition) is 0. The predicted molar refractivity (Wildman–Crippen MR) is 70.3 cm³/mol. The van der Waals surface area contributed by atoms with E-state index in [0.29, 0.717) is 9.65 Å². The summed E-state index contributed by atoms with van der Waals surface area (Å²) in [7, 11) is 0. The number of rotatable bonds is 0. The van der Waals surface area contributed by atoms with Crippen LogP contribution in [0.1, 0.15) is 28.4 Å². The van der Waals surface area contributed by atoms with Gasteiger partial charge in [-0.05, 0) is 18.1 Å². The lowest BCUT2D eigenvalue weighted by molar-refractivity contribution is 0.0686. The fourth-order valence-corrected chi connectivity index (χ4v) is 3.62. The maximum atomic E-state index is 12.2. The van der Waals surface area contributed by atoms with Crippen LogP contribution in [0, 0.1) is 0 Å². The van der Waals surface area contributed by atoms with Crippen LogP contribution in [-0.2, 0) is 0 Å². The summed E-state index contributed by atoms with van der Waals surface area (Å²) in [5.41, 5.74) is 2.07. The molecule has 1 fully saturated rings. The summed E-state index contributed by atoms with van der Waals surface area (Å²) in [5, 5.41) is 0. The summed E-state index contributed by atoms with van der Waals surface area (Å²) < 4.78 is 0. The SMILES string of the molecule is O=C1c2ccccc2C2CC(Br)C(Br)CN12. The molecule has 2 aliphatic heterocycles. The fourth-order valence-electron chi connectivity index (χ4n) is 2.57. The molecule has 0 aliphatic carbocycles. The third-order valence-corrected chi connectivity index (χ3v) is 6.05. The Hall–Kier alpha value is -0.350. The third kappa shape index (κ3) is 1.46. The van der Waals surface area contributed by atoms with Gasteiger partial charge in [-0.3, -0.25) is 4.79 Å². The van der Waals surface area contributed by atoms with Gasteiger partial charge in [0.15, 0.2) is 0 Å². The van der Waals surface area contributed by atoms with Crippen LogP contribution in [0.5, 0.6) is 0 Å². The molecule has 0 aromatic heterocycles. The van der Waals surface area contributed by atoms with Crippen molar-refractivity contribution in [3.63, 3.8) is 0 Å². The zero-order valence-corrected chi connectivity index (χ0v) is 11.7. The highest BCUT2D eigenvalue weighted by Gasteiger charge is 2.42. The minimum atomic E-state index is 0.185. The highest BCUT2D eigenvalue weighted by atomic mass is 79.9. The number of halogens is 2. The molecule has 0 radical (unpaired) electrons. The molecule has 2 heterocycles. The molecule has 4 heteroatoms. The molecule has 1 aromatic carbocycles. The van der Waals surface area contributed by atoms with Crippen molar-refractivity contribution < 1.29 is 4.79 Å². The van der Waals surface area contributed by atoms with Crippen LogP contribution in [0.25, 0.3) is 0 Å². The number of amides is 1.